The lowest BCUT2D eigenvalue weighted by molar-refractivity contribution is 0.525. The van der Waals surface area contributed by atoms with Gasteiger partial charge in [0.1, 0.15) is 35.4 Å². The average molecular weight is 384 g/mol. The van der Waals surface area contributed by atoms with E-state index >= 15 is 0 Å². The largest absolute Gasteiger partial charge is 0.382 e. The number of nitrogen functional groups attached to an aromatic ring is 1. The van der Waals surface area contributed by atoms with Gasteiger partial charge in [-0.15, -0.1) is 0 Å². The van der Waals surface area contributed by atoms with E-state index in [0.29, 0.717) is 21.7 Å². The molecule has 0 radical (unpaired) electrons. The molecular weight excluding hydrogens is 366 g/mol. The van der Waals surface area contributed by atoms with Crippen molar-refractivity contribution in [3.05, 3.63) is 51.3 Å². The standard InChI is InChI=1S/C18H18ClN7O/c1-9(2)26-17(25-13-6-4-5-12(19)14(13)18(26)27)10(3)24-16-11(7-20)15(21)22-8-23-16/h4-6,8-10H,1-3H3,(H3,21,22,23,24)/t10-/m1/s1. The molecule has 2 aromatic heterocycles. The van der Waals surface area contributed by atoms with Crippen molar-refractivity contribution in [2.75, 3.05) is 11.1 Å². The van der Waals surface area contributed by atoms with Crippen molar-refractivity contribution < 1.29 is 0 Å². The van der Waals surface area contributed by atoms with Gasteiger partial charge in [-0.3, -0.25) is 9.36 Å². The van der Waals surface area contributed by atoms with Crippen molar-refractivity contribution in [2.45, 2.75) is 32.9 Å². The van der Waals surface area contributed by atoms with Crippen LogP contribution < -0.4 is 16.6 Å². The molecule has 0 spiro atoms. The Bertz CT molecular complexity index is 1120. The van der Waals surface area contributed by atoms with Crippen LogP contribution in [-0.2, 0) is 0 Å². The molecule has 0 aliphatic carbocycles. The van der Waals surface area contributed by atoms with Crippen LogP contribution >= 0.6 is 11.6 Å². The molecule has 0 unspecified atom stereocenters. The number of aromatic nitrogens is 4. The van der Waals surface area contributed by atoms with Gasteiger partial charge in [0.05, 0.1) is 22.0 Å². The smallest absolute Gasteiger partial charge is 0.263 e. The van der Waals surface area contributed by atoms with E-state index in [1.165, 1.54) is 6.33 Å². The fourth-order valence-corrected chi connectivity index (χ4v) is 3.16. The van der Waals surface area contributed by atoms with Crippen molar-refractivity contribution >= 4 is 34.1 Å². The normalized spacial score (nSPS) is 12.1. The second-order valence-electron chi connectivity index (χ2n) is 6.33. The van der Waals surface area contributed by atoms with Gasteiger partial charge in [-0.2, -0.15) is 5.26 Å². The number of halogens is 1. The molecule has 0 bridgehead atoms. The predicted octanol–water partition coefficient (Wildman–Crippen LogP) is 3.05. The third kappa shape index (κ3) is 3.29. The van der Waals surface area contributed by atoms with Crippen LogP contribution in [0, 0.1) is 11.3 Å². The molecule has 0 aliphatic rings. The molecule has 0 aliphatic heterocycles. The van der Waals surface area contributed by atoms with Crippen molar-refractivity contribution in [1.29, 1.82) is 5.26 Å². The summed E-state index contributed by atoms with van der Waals surface area (Å²) in [6, 6.07) is 6.58. The molecule has 0 fully saturated rings. The molecule has 1 atom stereocenters. The first kappa shape index (κ1) is 18.6. The van der Waals surface area contributed by atoms with E-state index in [1.54, 1.807) is 22.8 Å². The number of hydrogen-bond acceptors (Lipinski definition) is 7. The molecule has 27 heavy (non-hydrogen) atoms. The Hall–Kier alpha value is -3.18. The quantitative estimate of drug-likeness (QED) is 0.709. The first-order valence-corrected chi connectivity index (χ1v) is 8.70. The van der Waals surface area contributed by atoms with E-state index in [0.717, 1.165) is 0 Å². The molecular formula is C18H18ClN7O. The Morgan fingerprint density at radius 2 is 2.04 bits per heavy atom. The molecule has 9 heteroatoms. The first-order valence-electron chi connectivity index (χ1n) is 8.33. The highest BCUT2D eigenvalue weighted by Crippen LogP contribution is 2.25. The summed E-state index contributed by atoms with van der Waals surface area (Å²) < 4.78 is 1.59. The lowest BCUT2D eigenvalue weighted by Gasteiger charge is -2.22. The fourth-order valence-electron chi connectivity index (χ4n) is 2.91. The summed E-state index contributed by atoms with van der Waals surface area (Å²) in [6.07, 6.45) is 1.27. The summed E-state index contributed by atoms with van der Waals surface area (Å²) in [5, 5.41) is 13.2. The van der Waals surface area contributed by atoms with E-state index in [-0.39, 0.29) is 28.8 Å². The number of fused-ring (bicyclic) bond motifs is 1. The zero-order chi connectivity index (χ0) is 19.7. The number of nitrogens with zero attached hydrogens (tertiary/aromatic N) is 5. The highest BCUT2D eigenvalue weighted by Gasteiger charge is 2.21. The second kappa shape index (κ2) is 7.21. The van der Waals surface area contributed by atoms with Crippen LogP contribution in [0.15, 0.2) is 29.3 Å². The van der Waals surface area contributed by atoms with Crippen molar-refractivity contribution in [3.8, 4) is 6.07 Å². The molecule has 0 saturated carbocycles. The zero-order valence-electron chi connectivity index (χ0n) is 15.1. The Morgan fingerprint density at radius 1 is 1.30 bits per heavy atom. The minimum Gasteiger partial charge on any atom is -0.382 e. The van der Waals surface area contributed by atoms with Crippen LogP contribution in [0.1, 0.15) is 44.2 Å². The van der Waals surface area contributed by atoms with Crippen LogP contribution in [0.4, 0.5) is 11.6 Å². The van der Waals surface area contributed by atoms with E-state index in [9.17, 15) is 10.1 Å². The van der Waals surface area contributed by atoms with Crippen LogP contribution in [0.5, 0.6) is 0 Å². The monoisotopic (exact) mass is 383 g/mol. The van der Waals surface area contributed by atoms with Gasteiger partial charge in [0.15, 0.2) is 0 Å². The van der Waals surface area contributed by atoms with Gasteiger partial charge >= 0.3 is 0 Å². The maximum atomic E-state index is 13.1. The highest BCUT2D eigenvalue weighted by atomic mass is 35.5. The second-order valence-corrected chi connectivity index (χ2v) is 6.74. The summed E-state index contributed by atoms with van der Waals surface area (Å²) in [5.41, 5.74) is 6.18. The topological polar surface area (TPSA) is 123 Å². The van der Waals surface area contributed by atoms with Crippen LogP contribution in [0.2, 0.25) is 5.02 Å². The van der Waals surface area contributed by atoms with Gasteiger partial charge in [0, 0.05) is 6.04 Å². The molecule has 3 N–H and O–H groups in total. The number of anilines is 2. The first-order chi connectivity index (χ1) is 12.8. The number of benzene rings is 1. The van der Waals surface area contributed by atoms with E-state index in [1.807, 2.05) is 26.8 Å². The molecule has 8 nitrogen and oxygen atoms in total. The van der Waals surface area contributed by atoms with Crippen molar-refractivity contribution in [1.82, 2.24) is 19.5 Å². The number of nitriles is 1. The van der Waals surface area contributed by atoms with Gasteiger partial charge in [0.2, 0.25) is 0 Å². The highest BCUT2D eigenvalue weighted by molar-refractivity contribution is 6.35. The predicted molar refractivity (Wildman–Crippen MR) is 105 cm³/mol. The number of nitrogens with two attached hydrogens (primary N) is 1. The summed E-state index contributed by atoms with van der Waals surface area (Å²) in [5.74, 6) is 0.876. The van der Waals surface area contributed by atoms with Crippen LogP contribution in [0.25, 0.3) is 10.9 Å². The summed E-state index contributed by atoms with van der Waals surface area (Å²) in [4.78, 5) is 25.6. The summed E-state index contributed by atoms with van der Waals surface area (Å²) in [7, 11) is 0. The Labute approximate surface area is 160 Å². The molecule has 2 heterocycles. The van der Waals surface area contributed by atoms with Gasteiger partial charge in [0.25, 0.3) is 5.56 Å². The molecule has 1 aromatic carbocycles. The Balaban J connectivity index is 2.17. The van der Waals surface area contributed by atoms with Gasteiger partial charge in [-0.05, 0) is 32.9 Å². The summed E-state index contributed by atoms with van der Waals surface area (Å²) >= 11 is 6.22. The fraction of sp³-hybridized carbons (Fsp3) is 0.278. The summed E-state index contributed by atoms with van der Waals surface area (Å²) in [6.45, 7) is 5.62. The minimum atomic E-state index is -0.426. The zero-order valence-corrected chi connectivity index (χ0v) is 15.8. The van der Waals surface area contributed by atoms with Crippen molar-refractivity contribution in [3.63, 3.8) is 0 Å². The maximum absolute atomic E-state index is 13.1. The van der Waals surface area contributed by atoms with Crippen LogP contribution in [0.3, 0.4) is 0 Å². The lowest BCUT2D eigenvalue weighted by atomic mass is 10.2. The van der Waals surface area contributed by atoms with E-state index in [2.05, 4.69) is 20.3 Å². The molecule has 0 amide bonds. The third-order valence-corrected chi connectivity index (χ3v) is 4.47. The number of nitrogens with one attached hydrogen (secondary N) is 1. The minimum absolute atomic E-state index is 0.0849. The van der Waals surface area contributed by atoms with E-state index in [4.69, 9.17) is 17.3 Å². The molecule has 0 saturated heterocycles. The number of rotatable bonds is 4. The van der Waals surface area contributed by atoms with Gasteiger partial charge in [-0.25, -0.2) is 15.0 Å². The molecule has 138 valence electrons. The Morgan fingerprint density at radius 3 is 2.70 bits per heavy atom. The Kier molecular flexibility index (Phi) is 4.97. The van der Waals surface area contributed by atoms with Crippen molar-refractivity contribution in [2.24, 2.45) is 0 Å². The third-order valence-electron chi connectivity index (χ3n) is 4.15. The van der Waals surface area contributed by atoms with Crippen LogP contribution in [-0.4, -0.2) is 19.5 Å². The van der Waals surface area contributed by atoms with Gasteiger partial charge in [-0.1, -0.05) is 17.7 Å². The molecule has 3 aromatic rings. The van der Waals surface area contributed by atoms with Gasteiger partial charge < -0.3 is 11.1 Å². The number of hydrogen-bond donors (Lipinski definition) is 2. The maximum Gasteiger partial charge on any atom is 0.263 e. The lowest BCUT2D eigenvalue weighted by Crippen LogP contribution is -2.30. The van der Waals surface area contributed by atoms with E-state index < -0.39 is 6.04 Å². The molecule has 3 rings (SSSR count). The SMILES string of the molecule is CC(C)n1c([C@@H](C)Nc2ncnc(N)c2C#N)nc2cccc(Cl)c2c1=O. The average Bonchev–Trinajstić information content (AvgIpc) is 2.61.